The lowest BCUT2D eigenvalue weighted by atomic mass is 10.1. The van der Waals surface area contributed by atoms with E-state index in [1.54, 1.807) is 13.2 Å². The number of methoxy groups -OCH3 is 1. The molecule has 0 saturated carbocycles. The Balaban J connectivity index is 2.45. The summed E-state index contributed by atoms with van der Waals surface area (Å²) in [7, 11) is 1.57. The lowest BCUT2D eigenvalue weighted by Gasteiger charge is -2.06. The number of phenols is 1. The summed E-state index contributed by atoms with van der Waals surface area (Å²) in [5.41, 5.74) is 1.18. The Kier molecular flexibility index (Phi) is 5.02. The normalized spacial score (nSPS) is 10.3. The first kappa shape index (κ1) is 11.9. The number of unbranched alkanes of at least 4 members (excludes halogenated alkanes) is 3. The van der Waals surface area contributed by atoms with Gasteiger partial charge in [0, 0.05) is 0 Å². The maximum absolute atomic E-state index is 9.57. The van der Waals surface area contributed by atoms with Gasteiger partial charge in [0.15, 0.2) is 11.5 Å². The Bertz CT molecular complexity index is 295. The first-order valence-electron chi connectivity index (χ1n) is 5.63. The number of aromatic hydroxyl groups is 1. The zero-order valence-corrected chi connectivity index (χ0v) is 9.62. The third-order valence-corrected chi connectivity index (χ3v) is 2.56. The molecule has 0 amide bonds. The molecule has 0 aliphatic rings. The fraction of sp³-hybridized carbons (Fsp3) is 0.538. The average molecular weight is 208 g/mol. The largest absolute Gasteiger partial charge is 0.504 e. The molecule has 0 bridgehead atoms. The van der Waals surface area contributed by atoms with Gasteiger partial charge in [-0.1, -0.05) is 32.3 Å². The van der Waals surface area contributed by atoms with E-state index in [9.17, 15) is 5.11 Å². The fourth-order valence-corrected chi connectivity index (χ4v) is 1.65. The molecule has 1 aromatic rings. The molecule has 2 heteroatoms. The SMILES string of the molecule is CCCCCCc1ccc(OC)c(O)c1. The highest BCUT2D eigenvalue weighted by molar-refractivity contribution is 5.41. The Morgan fingerprint density at radius 1 is 1.20 bits per heavy atom. The van der Waals surface area contributed by atoms with E-state index in [1.807, 2.05) is 12.1 Å². The fourth-order valence-electron chi connectivity index (χ4n) is 1.65. The Morgan fingerprint density at radius 3 is 2.60 bits per heavy atom. The number of rotatable bonds is 6. The molecule has 0 aliphatic carbocycles. The molecule has 15 heavy (non-hydrogen) atoms. The zero-order chi connectivity index (χ0) is 11.1. The van der Waals surface area contributed by atoms with Gasteiger partial charge in [0.1, 0.15) is 0 Å². The lowest BCUT2D eigenvalue weighted by molar-refractivity contribution is 0.373. The van der Waals surface area contributed by atoms with E-state index in [1.165, 1.54) is 31.2 Å². The third-order valence-electron chi connectivity index (χ3n) is 2.56. The van der Waals surface area contributed by atoms with Crippen LogP contribution >= 0.6 is 0 Å². The molecular formula is C13H20O2. The number of hydrogen-bond donors (Lipinski definition) is 1. The van der Waals surface area contributed by atoms with Crippen LogP contribution in [0.25, 0.3) is 0 Å². The molecule has 0 atom stereocenters. The van der Waals surface area contributed by atoms with E-state index in [0.29, 0.717) is 5.75 Å². The minimum atomic E-state index is 0.241. The summed E-state index contributed by atoms with van der Waals surface area (Å²) in [5, 5.41) is 9.57. The van der Waals surface area contributed by atoms with Crippen molar-refractivity contribution < 1.29 is 9.84 Å². The predicted molar refractivity (Wildman–Crippen MR) is 62.5 cm³/mol. The van der Waals surface area contributed by atoms with E-state index in [-0.39, 0.29) is 5.75 Å². The van der Waals surface area contributed by atoms with Crippen LogP contribution in [-0.4, -0.2) is 12.2 Å². The highest BCUT2D eigenvalue weighted by Crippen LogP contribution is 2.26. The van der Waals surface area contributed by atoms with E-state index < -0.39 is 0 Å². The van der Waals surface area contributed by atoms with Crippen LogP contribution < -0.4 is 4.74 Å². The Morgan fingerprint density at radius 2 is 2.00 bits per heavy atom. The number of ether oxygens (including phenoxy) is 1. The number of phenolic OH excluding ortho intramolecular Hbond substituents is 1. The first-order chi connectivity index (χ1) is 7.27. The monoisotopic (exact) mass is 208 g/mol. The van der Waals surface area contributed by atoms with Gasteiger partial charge < -0.3 is 9.84 Å². The van der Waals surface area contributed by atoms with E-state index >= 15 is 0 Å². The molecular weight excluding hydrogens is 188 g/mol. The van der Waals surface area contributed by atoms with Gasteiger partial charge in [-0.05, 0) is 30.5 Å². The van der Waals surface area contributed by atoms with Crippen molar-refractivity contribution in [3.05, 3.63) is 23.8 Å². The van der Waals surface area contributed by atoms with Gasteiger partial charge in [-0.2, -0.15) is 0 Å². The van der Waals surface area contributed by atoms with Crippen LogP contribution in [0.3, 0.4) is 0 Å². The Hall–Kier alpha value is -1.18. The molecule has 1 rings (SSSR count). The summed E-state index contributed by atoms with van der Waals surface area (Å²) in [6, 6.07) is 5.64. The van der Waals surface area contributed by atoms with Crippen LogP contribution in [0.1, 0.15) is 38.2 Å². The second kappa shape index (κ2) is 6.33. The number of aryl methyl sites for hydroxylation is 1. The van der Waals surface area contributed by atoms with Crippen molar-refractivity contribution in [3.8, 4) is 11.5 Å². The number of benzene rings is 1. The molecule has 0 fully saturated rings. The molecule has 0 spiro atoms. The van der Waals surface area contributed by atoms with Crippen molar-refractivity contribution in [2.45, 2.75) is 39.0 Å². The Labute approximate surface area is 91.9 Å². The van der Waals surface area contributed by atoms with Crippen LogP contribution in [0.5, 0.6) is 11.5 Å². The molecule has 0 radical (unpaired) electrons. The standard InChI is InChI=1S/C13H20O2/c1-3-4-5-6-7-11-8-9-13(15-2)12(14)10-11/h8-10,14H,3-7H2,1-2H3. The highest BCUT2D eigenvalue weighted by Gasteiger charge is 2.01. The first-order valence-corrected chi connectivity index (χ1v) is 5.63. The summed E-state index contributed by atoms with van der Waals surface area (Å²) in [5.74, 6) is 0.790. The molecule has 0 aromatic heterocycles. The minimum absolute atomic E-state index is 0.241. The molecule has 0 unspecified atom stereocenters. The van der Waals surface area contributed by atoms with Crippen LogP contribution in [-0.2, 0) is 6.42 Å². The quantitative estimate of drug-likeness (QED) is 0.725. The summed E-state index contributed by atoms with van der Waals surface area (Å²) >= 11 is 0. The lowest BCUT2D eigenvalue weighted by Crippen LogP contribution is -1.88. The predicted octanol–water partition coefficient (Wildman–Crippen LogP) is 3.52. The highest BCUT2D eigenvalue weighted by atomic mass is 16.5. The van der Waals surface area contributed by atoms with Crippen LogP contribution in [0.15, 0.2) is 18.2 Å². The summed E-state index contributed by atoms with van der Waals surface area (Å²) in [6.45, 7) is 2.21. The molecule has 2 nitrogen and oxygen atoms in total. The minimum Gasteiger partial charge on any atom is -0.504 e. The van der Waals surface area contributed by atoms with E-state index in [4.69, 9.17) is 4.74 Å². The zero-order valence-electron chi connectivity index (χ0n) is 9.62. The molecule has 0 heterocycles. The summed E-state index contributed by atoms with van der Waals surface area (Å²) < 4.78 is 4.99. The van der Waals surface area contributed by atoms with Crippen molar-refractivity contribution in [1.29, 1.82) is 0 Å². The average Bonchev–Trinajstić information content (AvgIpc) is 2.25. The van der Waals surface area contributed by atoms with Gasteiger partial charge in [0.25, 0.3) is 0 Å². The third kappa shape index (κ3) is 3.82. The smallest absolute Gasteiger partial charge is 0.160 e. The van der Waals surface area contributed by atoms with Gasteiger partial charge in [-0.15, -0.1) is 0 Å². The maximum Gasteiger partial charge on any atom is 0.160 e. The van der Waals surface area contributed by atoms with Crippen molar-refractivity contribution in [2.75, 3.05) is 7.11 Å². The molecule has 1 N–H and O–H groups in total. The molecule has 0 saturated heterocycles. The maximum atomic E-state index is 9.57. The summed E-state index contributed by atoms with van der Waals surface area (Å²) in [6.07, 6.45) is 6.05. The molecule has 84 valence electrons. The molecule has 0 aliphatic heterocycles. The van der Waals surface area contributed by atoms with E-state index in [2.05, 4.69) is 6.92 Å². The van der Waals surface area contributed by atoms with Crippen molar-refractivity contribution in [2.24, 2.45) is 0 Å². The van der Waals surface area contributed by atoms with Gasteiger partial charge in [-0.3, -0.25) is 0 Å². The van der Waals surface area contributed by atoms with Crippen LogP contribution in [0.4, 0.5) is 0 Å². The van der Waals surface area contributed by atoms with Gasteiger partial charge in [0.05, 0.1) is 7.11 Å². The van der Waals surface area contributed by atoms with Gasteiger partial charge >= 0.3 is 0 Å². The van der Waals surface area contributed by atoms with Crippen LogP contribution in [0.2, 0.25) is 0 Å². The van der Waals surface area contributed by atoms with E-state index in [0.717, 1.165) is 6.42 Å². The second-order valence-corrected chi connectivity index (χ2v) is 3.82. The van der Waals surface area contributed by atoms with Gasteiger partial charge in [-0.25, -0.2) is 0 Å². The van der Waals surface area contributed by atoms with Crippen molar-refractivity contribution in [3.63, 3.8) is 0 Å². The summed E-state index contributed by atoms with van der Waals surface area (Å²) in [4.78, 5) is 0. The topological polar surface area (TPSA) is 29.5 Å². The second-order valence-electron chi connectivity index (χ2n) is 3.82. The molecule has 1 aromatic carbocycles. The van der Waals surface area contributed by atoms with Crippen molar-refractivity contribution >= 4 is 0 Å². The van der Waals surface area contributed by atoms with Gasteiger partial charge in [0.2, 0.25) is 0 Å². The van der Waals surface area contributed by atoms with Crippen LogP contribution in [0, 0.1) is 0 Å². The number of hydrogen-bond acceptors (Lipinski definition) is 2. The van der Waals surface area contributed by atoms with Crippen molar-refractivity contribution in [1.82, 2.24) is 0 Å².